The molecule has 0 saturated carbocycles. The zero-order valence-corrected chi connectivity index (χ0v) is 13.0. The number of pyridine rings is 1. The van der Waals surface area contributed by atoms with Gasteiger partial charge in [-0.1, -0.05) is 0 Å². The molecule has 6 nitrogen and oxygen atoms in total. The molecule has 6 heteroatoms. The maximum absolute atomic E-state index is 5.44. The molecule has 1 N–H and O–H groups in total. The second-order valence-electron chi connectivity index (χ2n) is 5.35. The Bertz CT molecular complexity index is 839. The van der Waals surface area contributed by atoms with Crippen LogP contribution in [0.5, 0.6) is 11.5 Å². The quantitative estimate of drug-likeness (QED) is 0.779. The van der Waals surface area contributed by atoms with Gasteiger partial charge in [0, 0.05) is 36.9 Å². The smallest absolute Gasteiger partial charge is 0.231 e. The first-order chi connectivity index (χ1) is 11.9. The minimum Gasteiger partial charge on any atom is -0.454 e. The highest BCUT2D eigenvalue weighted by Crippen LogP contribution is 2.36. The highest BCUT2D eigenvalue weighted by atomic mass is 16.7. The molecule has 0 fully saturated rings. The van der Waals surface area contributed by atoms with E-state index in [2.05, 4.69) is 20.3 Å². The average Bonchev–Trinajstić information content (AvgIpc) is 3.11. The number of fused-ring (bicyclic) bond motifs is 1. The van der Waals surface area contributed by atoms with Crippen molar-refractivity contribution < 1.29 is 9.47 Å². The van der Waals surface area contributed by atoms with E-state index in [1.54, 1.807) is 24.8 Å². The van der Waals surface area contributed by atoms with Crippen LogP contribution < -0.4 is 14.8 Å². The van der Waals surface area contributed by atoms with Crippen molar-refractivity contribution in [1.29, 1.82) is 0 Å². The van der Waals surface area contributed by atoms with Crippen molar-refractivity contribution in [3.05, 3.63) is 60.7 Å². The van der Waals surface area contributed by atoms with Gasteiger partial charge in [-0.25, -0.2) is 4.98 Å². The van der Waals surface area contributed by atoms with Crippen LogP contribution >= 0.6 is 0 Å². The first kappa shape index (κ1) is 14.4. The fourth-order valence-corrected chi connectivity index (χ4v) is 2.60. The third kappa shape index (κ3) is 2.99. The van der Waals surface area contributed by atoms with E-state index in [1.165, 1.54) is 5.56 Å². The largest absolute Gasteiger partial charge is 0.454 e. The highest BCUT2D eigenvalue weighted by molar-refractivity contribution is 5.73. The Morgan fingerprint density at radius 2 is 1.75 bits per heavy atom. The summed E-state index contributed by atoms with van der Waals surface area (Å²) in [5.74, 6) is 2.25. The summed E-state index contributed by atoms with van der Waals surface area (Å²) >= 11 is 0. The van der Waals surface area contributed by atoms with Gasteiger partial charge in [-0.3, -0.25) is 9.97 Å². The molecule has 2 aromatic heterocycles. The molecule has 1 aliphatic heterocycles. The molecular weight excluding hydrogens is 304 g/mol. The monoisotopic (exact) mass is 320 g/mol. The molecule has 0 radical (unpaired) electrons. The Labute approximate surface area is 139 Å². The summed E-state index contributed by atoms with van der Waals surface area (Å²) in [4.78, 5) is 12.9. The standard InChI is InChI=1S/C18H16N4O2/c1-2-15-16(24-12-23-15)11-14(1)17-18(22-10-9-20-17)21-8-5-13-3-6-19-7-4-13/h1-4,6-7,9-11H,5,8,12H2,(H,21,22). The zero-order chi connectivity index (χ0) is 16.2. The third-order valence-electron chi connectivity index (χ3n) is 3.80. The van der Waals surface area contributed by atoms with Gasteiger partial charge in [0.25, 0.3) is 0 Å². The fourth-order valence-electron chi connectivity index (χ4n) is 2.60. The van der Waals surface area contributed by atoms with E-state index in [1.807, 2.05) is 30.3 Å². The number of nitrogens with zero attached hydrogens (tertiary/aromatic N) is 3. The van der Waals surface area contributed by atoms with Crippen molar-refractivity contribution in [1.82, 2.24) is 15.0 Å². The maximum atomic E-state index is 5.44. The van der Waals surface area contributed by atoms with Crippen molar-refractivity contribution in [3.8, 4) is 22.8 Å². The van der Waals surface area contributed by atoms with Gasteiger partial charge in [0.1, 0.15) is 5.69 Å². The van der Waals surface area contributed by atoms with E-state index in [4.69, 9.17) is 9.47 Å². The van der Waals surface area contributed by atoms with Gasteiger partial charge in [0.2, 0.25) is 6.79 Å². The summed E-state index contributed by atoms with van der Waals surface area (Å²) in [6.07, 6.45) is 7.87. The van der Waals surface area contributed by atoms with E-state index in [9.17, 15) is 0 Å². The van der Waals surface area contributed by atoms with Crippen LogP contribution in [0.1, 0.15) is 5.56 Å². The number of ether oxygens (including phenoxy) is 2. The first-order valence-electron chi connectivity index (χ1n) is 7.74. The van der Waals surface area contributed by atoms with Crippen molar-refractivity contribution in [2.24, 2.45) is 0 Å². The van der Waals surface area contributed by atoms with Crippen LogP contribution in [-0.4, -0.2) is 28.3 Å². The SMILES string of the molecule is c1cc(CCNc2nccnc2-c2ccc3c(c2)OCO3)ccn1. The van der Waals surface area contributed by atoms with Crippen LogP contribution in [-0.2, 0) is 6.42 Å². The molecule has 0 bridgehead atoms. The van der Waals surface area contributed by atoms with Crippen molar-refractivity contribution in [2.45, 2.75) is 6.42 Å². The summed E-state index contributed by atoms with van der Waals surface area (Å²) in [6.45, 7) is 1.02. The van der Waals surface area contributed by atoms with Gasteiger partial charge < -0.3 is 14.8 Å². The summed E-state index contributed by atoms with van der Waals surface area (Å²) in [7, 11) is 0. The molecule has 4 rings (SSSR count). The van der Waals surface area contributed by atoms with Gasteiger partial charge in [-0.2, -0.15) is 0 Å². The van der Waals surface area contributed by atoms with Crippen LogP contribution in [0.15, 0.2) is 55.1 Å². The minimum absolute atomic E-state index is 0.260. The molecule has 24 heavy (non-hydrogen) atoms. The molecule has 0 atom stereocenters. The normalized spacial score (nSPS) is 12.2. The van der Waals surface area contributed by atoms with Crippen LogP contribution in [0, 0.1) is 0 Å². The number of benzene rings is 1. The Hall–Kier alpha value is -3.15. The van der Waals surface area contributed by atoms with Gasteiger partial charge >= 0.3 is 0 Å². The number of hydrogen-bond donors (Lipinski definition) is 1. The van der Waals surface area contributed by atoms with Crippen LogP contribution in [0.4, 0.5) is 5.82 Å². The lowest BCUT2D eigenvalue weighted by atomic mass is 10.1. The Balaban J connectivity index is 1.52. The lowest BCUT2D eigenvalue weighted by Crippen LogP contribution is -2.08. The molecule has 0 unspecified atom stereocenters. The molecular formula is C18H16N4O2. The lowest BCUT2D eigenvalue weighted by molar-refractivity contribution is 0.174. The highest BCUT2D eigenvalue weighted by Gasteiger charge is 2.16. The topological polar surface area (TPSA) is 69.2 Å². The van der Waals surface area contributed by atoms with Gasteiger partial charge in [0.15, 0.2) is 17.3 Å². The number of aromatic nitrogens is 3. The molecule has 3 heterocycles. The number of rotatable bonds is 5. The van der Waals surface area contributed by atoms with E-state index in [0.29, 0.717) is 0 Å². The van der Waals surface area contributed by atoms with Crippen LogP contribution in [0.2, 0.25) is 0 Å². The molecule has 1 aromatic carbocycles. The second kappa shape index (κ2) is 6.54. The van der Waals surface area contributed by atoms with Crippen molar-refractivity contribution in [2.75, 3.05) is 18.7 Å². The van der Waals surface area contributed by atoms with Crippen molar-refractivity contribution >= 4 is 5.82 Å². The fraction of sp³-hybridized carbons (Fsp3) is 0.167. The van der Waals surface area contributed by atoms with Gasteiger partial charge in [0.05, 0.1) is 0 Å². The predicted molar refractivity (Wildman–Crippen MR) is 90.0 cm³/mol. The van der Waals surface area contributed by atoms with Crippen molar-refractivity contribution in [3.63, 3.8) is 0 Å². The molecule has 0 spiro atoms. The molecule has 0 saturated heterocycles. The minimum atomic E-state index is 0.260. The summed E-state index contributed by atoms with van der Waals surface area (Å²) < 4.78 is 10.8. The first-order valence-corrected chi connectivity index (χ1v) is 7.74. The third-order valence-corrected chi connectivity index (χ3v) is 3.80. The molecule has 0 aliphatic carbocycles. The lowest BCUT2D eigenvalue weighted by Gasteiger charge is -2.10. The van der Waals surface area contributed by atoms with E-state index < -0.39 is 0 Å². The summed E-state index contributed by atoms with van der Waals surface area (Å²) in [6, 6.07) is 9.81. The second-order valence-corrected chi connectivity index (χ2v) is 5.35. The molecule has 0 amide bonds. The maximum Gasteiger partial charge on any atom is 0.231 e. The van der Waals surface area contributed by atoms with E-state index in [-0.39, 0.29) is 6.79 Å². The Morgan fingerprint density at radius 3 is 2.67 bits per heavy atom. The van der Waals surface area contributed by atoms with E-state index >= 15 is 0 Å². The Kier molecular flexibility index (Phi) is 3.93. The summed E-state index contributed by atoms with van der Waals surface area (Å²) in [5.41, 5.74) is 2.97. The number of hydrogen-bond acceptors (Lipinski definition) is 6. The van der Waals surface area contributed by atoms with Gasteiger partial charge in [-0.05, 0) is 42.3 Å². The number of anilines is 1. The van der Waals surface area contributed by atoms with Gasteiger partial charge in [-0.15, -0.1) is 0 Å². The average molecular weight is 320 g/mol. The van der Waals surface area contributed by atoms with E-state index in [0.717, 1.165) is 41.5 Å². The molecule has 120 valence electrons. The van der Waals surface area contributed by atoms with Crippen LogP contribution in [0.3, 0.4) is 0 Å². The molecule has 3 aromatic rings. The Morgan fingerprint density at radius 1 is 0.917 bits per heavy atom. The number of nitrogens with one attached hydrogen (secondary N) is 1. The van der Waals surface area contributed by atoms with Crippen LogP contribution in [0.25, 0.3) is 11.3 Å². The predicted octanol–water partition coefficient (Wildman–Crippen LogP) is 2.92. The molecule has 1 aliphatic rings. The zero-order valence-electron chi connectivity index (χ0n) is 13.0. The summed E-state index contributed by atoms with van der Waals surface area (Å²) in [5, 5.41) is 3.36.